The molecule has 1 aromatic rings. The van der Waals surface area contributed by atoms with Gasteiger partial charge in [-0.3, -0.25) is 4.68 Å². The van der Waals surface area contributed by atoms with Gasteiger partial charge in [0.15, 0.2) is 5.82 Å². The van der Waals surface area contributed by atoms with Crippen LogP contribution in [0.5, 0.6) is 0 Å². The van der Waals surface area contributed by atoms with Gasteiger partial charge in [0.2, 0.25) is 5.92 Å². The van der Waals surface area contributed by atoms with E-state index in [1.165, 1.54) is 4.68 Å². The summed E-state index contributed by atoms with van der Waals surface area (Å²) in [7, 11) is 0. The number of hydrogen-bond acceptors (Lipinski definition) is 2. The first-order valence-corrected chi connectivity index (χ1v) is 4.70. The molecule has 0 radical (unpaired) electrons. The molecule has 0 bridgehead atoms. The highest BCUT2D eigenvalue weighted by Crippen LogP contribution is 2.43. The molecule has 0 amide bonds. The molecule has 0 aromatic carbocycles. The van der Waals surface area contributed by atoms with Crippen LogP contribution in [-0.2, 0) is 6.54 Å². The highest BCUT2D eigenvalue weighted by molar-refractivity contribution is 6.32. The number of nitrogens with two attached hydrogens (primary N) is 1. The van der Waals surface area contributed by atoms with Crippen LogP contribution in [0.2, 0.25) is 5.02 Å². The summed E-state index contributed by atoms with van der Waals surface area (Å²) in [6.07, 6.45) is 1.43. The standard InChI is InChI=1S/C8H10ClF2N3/c9-6-4-14(13-7(6)12)3-5-1-8(10,11)2-5/h4-5H,1-3H2,(H2,12,13). The van der Waals surface area contributed by atoms with Gasteiger partial charge in [0.05, 0.1) is 0 Å². The van der Waals surface area contributed by atoms with E-state index >= 15 is 0 Å². The normalized spacial score (nSPS) is 20.8. The zero-order valence-electron chi connectivity index (χ0n) is 7.38. The lowest BCUT2D eigenvalue weighted by molar-refractivity contribution is -0.114. The lowest BCUT2D eigenvalue weighted by Gasteiger charge is -2.34. The molecule has 1 aromatic heterocycles. The fraction of sp³-hybridized carbons (Fsp3) is 0.625. The molecule has 0 saturated heterocycles. The van der Waals surface area contributed by atoms with Crippen LogP contribution in [0, 0.1) is 5.92 Å². The lowest BCUT2D eigenvalue weighted by Crippen LogP contribution is -2.37. The molecule has 14 heavy (non-hydrogen) atoms. The Kier molecular flexibility index (Phi) is 2.14. The number of anilines is 1. The van der Waals surface area contributed by atoms with Gasteiger partial charge >= 0.3 is 0 Å². The number of aromatic nitrogens is 2. The Labute approximate surface area is 84.8 Å². The third-order valence-electron chi connectivity index (χ3n) is 2.36. The van der Waals surface area contributed by atoms with Crippen molar-refractivity contribution in [3.63, 3.8) is 0 Å². The molecule has 0 spiro atoms. The highest BCUT2D eigenvalue weighted by atomic mass is 35.5. The number of halogens is 3. The van der Waals surface area contributed by atoms with Crippen molar-refractivity contribution in [2.75, 3.05) is 5.73 Å². The first-order chi connectivity index (χ1) is 6.46. The zero-order chi connectivity index (χ0) is 10.3. The molecule has 2 rings (SSSR count). The zero-order valence-corrected chi connectivity index (χ0v) is 8.14. The van der Waals surface area contributed by atoms with E-state index in [1.807, 2.05) is 0 Å². The third-order valence-corrected chi connectivity index (χ3v) is 2.65. The molecule has 0 atom stereocenters. The number of alkyl halides is 2. The number of nitrogens with zero attached hydrogens (tertiary/aromatic N) is 2. The average molecular weight is 222 g/mol. The maximum absolute atomic E-state index is 12.5. The summed E-state index contributed by atoms with van der Waals surface area (Å²) in [5.74, 6) is -2.24. The fourth-order valence-corrected chi connectivity index (χ4v) is 1.83. The quantitative estimate of drug-likeness (QED) is 0.832. The van der Waals surface area contributed by atoms with Crippen LogP contribution in [0.4, 0.5) is 14.6 Å². The molecule has 1 aliphatic rings. The largest absolute Gasteiger partial charge is 0.381 e. The van der Waals surface area contributed by atoms with Crippen LogP contribution in [0.3, 0.4) is 0 Å². The molecular weight excluding hydrogens is 212 g/mol. The van der Waals surface area contributed by atoms with Crippen molar-refractivity contribution in [3.8, 4) is 0 Å². The number of rotatable bonds is 2. The molecule has 3 nitrogen and oxygen atoms in total. The fourth-order valence-electron chi connectivity index (χ4n) is 1.68. The van der Waals surface area contributed by atoms with Gasteiger partial charge in [-0.25, -0.2) is 8.78 Å². The summed E-state index contributed by atoms with van der Waals surface area (Å²) < 4.78 is 26.5. The highest BCUT2D eigenvalue weighted by Gasteiger charge is 2.45. The van der Waals surface area contributed by atoms with Crippen molar-refractivity contribution in [1.82, 2.24) is 9.78 Å². The monoisotopic (exact) mass is 221 g/mol. The Bertz CT molecular complexity index is 323. The smallest absolute Gasteiger partial charge is 0.248 e. The Balaban J connectivity index is 1.93. The maximum atomic E-state index is 12.5. The second-order valence-corrected chi connectivity index (χ2v) is 4.12. The summed E-state index contributed by atoms with van der Waals surface area (Å²) in [5, 5.41) is 4.27. The van der Waals surface area contributed by atoms with Crippen LogP contribution < -0.4 is 5.73 Å². The van der Waals surface area contributed by atoms with Gasteiger partial charge in [0.25, 0.3) is 0 Å². The summed E-state index contributed by atoms with van der Waals surface area (Å²) in [6.45, 7) is 0.465. The average Bonchev–Trinajstić information content (AvgIpc) is 2.27. The van der Waals surface area contributed by atoms with Crippen molar-refractivity contribution in [3.05, 3.63) is 11.2 Å². The van der Waals surface area contributed by atoms with Crippen molar-refractivity contribution >= 4 is 17.4 Å². The van der Waals surface area contributed by atoms with E-state index in [0.717, 1.165) is 0 Å². The molecule has 2 N–H and O–H groups in total. The third kappa shape index (κ3) is 1.82. The van der Waals surface area contributed by atoms with E-state index in [-0.39, 0.29) is 24.6 Å². The molecule has 1 heterocycles. The predicted octanol–water partition coefficient (Wildman–Crippen LogP) is 2.16. The molecule has 1 aliphatic carbocycles. The summed E-state index contributed by atoms with van der Waals surface area (Å²) in [4.78, 5) is 0. The minimum atomic E-state index is -2.48. The Morgan fingerprint density at radius 2 is 2.29 bits per heavy atom. The topological polar surface area (TPSA) is 43.8 Å². The maximum Gasteiger partial charge on any atom is 0.248 e. The number of nitrogen functional groups attached to an aromatic ring is 1. The van der Waals surface area contributed by atoms with Crippen LogP contribution in [0.25, 0.3) is 0 Å². The van der Waals surface area contributed by atoms with Gasteiger partial charge in [-0.1, -0.05) is 11.6 Å². The molecule has 0 aliphatic heterocycles. The summed E-state index contributed by atoms with van der Waals surface area (Å²) >= 11 is 5.67. The van der Waals surface area contributed by atoms with Crippen molar-refractivity contribution in [2.45, 2.75) is 25.3 Å². The van der Waals surface area contributed by atoms with Crippen LogP contribution in [0.1, 0.15) is 12.8 Å². The predicted molar refractivity (Wildman–Crippen MR) is 49.3 cm³/mol. The van der Waals surface area contributed by atoms with Gasteiger partial charge < -0.3 is 5.73 Å². The van der Waals surface area contributed by atoms with E-state index in [1.54, 1.807) is 6.20 Å². The Morgan fingerprint density at radius 1 is 1.64 bits per heavy atom. The van der Waals surface area contributed by atoms with Crippen LogP contribution in [0.15, 0.2) is 6.20 Å². The number of hydrogen-bond donors (Lipinski definition) is 1. The minimum absolute atomic E-state index is 0.0135. The van der Waals surface area contributed by atoms with Gasteiger partial charge in [0.1, 0.15) is 5.02 Å². The van der Waals surface area contributed by atoms with Crippen molar-refractivity contribution in [1.29, 1.82) is 0 Å². The van der Waals surface area contributed by atoms with Crippen LogP contribution in [-0.4, -0.2) is 15.7 Å². The van der Waals surface area contributed by atoms with E-state index in [0.29, 0.717) is 11.6 Å². The molecule has 6 heteroatoms. The SMILES string of the molecule is Nc1nn(CC2CC(F)(F)C2)cc1Cl. The van der Waals surface area contributed by atoms with Gasteiger partial charge in [-0.15, -0.1) is 0 Å². The summed E-state index contributed by atoms with van der Waals surface area (Å²) in [5.41, 5.74) is 5.42. The van der Waals surface area contributed by atoms with E-state index in [4.69, 9.17) is 17.3 Å². The first-order valence-electron chi connectivity index (χ1n) is 4.32. The molecule has 0 unspecified atom stereocenters. The van der Waals surface area contributed by atoms with Gasteiger partial charge in [-0.2, -0.15) is 5.10 Å². The Hall–Kier alpha value is -0.840. The van der Waals surface area contributed by atoms with Gasteiger partial charge in [-0.05, 0) is 5.92 Å². The second kappa shape index (κ2) is 3.08. The van der Waals surface area contributed by atoms with E-state index in [9.17, 15) is 8.78 Å². The molecular formula is C8H10ClF2N3. The molecule has 1 fully saturated rings. The minimum Gasteiger partial charge on any atom is -0.381 e. The van der Waals surface area contributed by atoms with E-state index in [2.05, 4.69) is 5.10 Å². The first kappa shape index (κ1) is 9.71. The molecule has 78 valence electrons. The molecule has 1 saturated carbocycles. The van der Waals surface area contributed by atoms with Gasteiger partial charge in [0, 0.05) is 25.6 Å². The van der Waals surface area contributed by atoms with Crippen LogP contribution >= 0.6 is 11.6 Å². The summed E-state index contributed by atoms with van der Waals surface area (Å²) in [6, 6.07) is 0. The lowest BCUT2D eigenvalue weighted by atomic mass is 9.81. The van der Waals surface area contributed by atoms with E-state index < -0.39 is 5.92 Å². The van der Waals surface area contributed by atoms with Crippen molar-refractivity contribution in [2.24, 2.45) is 5.92 Å². The van der Waals surface area contributed by atoms with Crippen molar-refractivity contribution < 1.29 is 8.78 Å². The second-order valence-electron chi connectivity index (χ2n) is 3.71. The Morgan fingerprint density at radius 3 is 2.71 bits per heavy atom.